The minimum absolute atomic E-state index is 0.0150. The number of carbonyl (C=O) groups is 2. The van der Waals surface area contributed by atoms with Gasteiger partial charge in [-0.2, -0.15) is 8.78 Å². The number of Topliss-reactive ketones (excluding diaryl/α,β-unsaturated/α-hetero) is 1. The number of halogens is 2. The molecule has 0 aromatic heterocycles. The summed E-state index contributed by atoms with van der Waals surface area (Å²) in [5.41, 5.74) is 0.741. The monoisotopic (exact) mass is 662 g/mol. The predicted molar refractivity (Wildman–Crippen MR) is 183 cm³/mol. The van der Waals surface area contributed by atoms with Crippen LogP contribution in [0.25, 0.3) is 0 Å². The largest absolute Gasteiger partial charge is 0.497 e. The first kappa shape index (κ1) is 39.6. The van der Waals surface area contributed by atoms with Crippen LogP contribution in [0.5, 0.6) is 5.75 Å². The summed E-state index contributed by atoms with van der Waals surface area (Å²) in [5, 5.41) is -0.0823. The lowest BCUT2D eigenvalue weighted by molar-refractivity contribution is -0.147. The van der Waals surface area contributed by atoms with Crippen LogP contribution < -0.4 is 4.74 Å². The zero-order valence-corrected chi connectivity index (χ0v) is 30.3. The van der Waals surface area contributed by atoms with Crippen molar-refractivity contribution in [3.05, 3.63) is 66.3 Å². The van der Waals surface area contributed by atoms with E-state index in [9.17, 15) is 9.59 Å². The first-order valence-corrected chi connectivity index (χ1v) is 19.4. The average molecular weight is 663 g/mol. The quantitative estimate of drug-likeness (QED) is 0.0675. The molecule has 2 rings (SSSR count). The molecule has 258 valence electrons. The Morgan fingerprint density at radius 2 is 1.76 bits per heavy atom. The maximum atomic E-state index is 15.5. The minimum atomic E-state index is -3.26. The number of methoxy groups -OCH3 is 1. The molecule has 4 atom stereocenters. The van der Waals surface area contributed by atoms with E-state index in [0.717, 1.165) is 11.6 Å². The lowest BCUT2D eigenvalue weighted by Crippen LogP contribution is -2.45. The zero-order valence-electron chi connectivity index (χ0n) is 29.3. The number of unbranched alkanes of at least 4 members (excludes halogenated alkanes) is 1. The van der Waals surface area contributed by atoms with E-state index in [-0.39, 0.29) is 41.8 Å². The third-order valence-electron chi connectivity index (χ3n) is 8.69. The maximum Gasteiger partial charge on any atom is 0.306 e. The SMILES string of the molecule is CC/C=C/C(F)(F)C(/C=C/[C@H]1[C@H](O[Si](C)(C)C(C)(C)C)CC(=O)[C@@H]1C/C=C\CCCC(=O)OC(C)C)OCc1ccc(OC)cc1. The van der Waals surface area contributed by atoms with E-state index in [1.165, 1.54) is 12.2 Å². The van der Waals surface area contributed by atoms with E-state index in [1.807, 2.05) is 26.0 Å². The van der Waals surface area contributed by atoms with Crippen molar-refractivity contribution in [3.63, 3.8) is 0 Å². The Balaban J connectivity index is 2.31. The number of carbonyl (C=O) groups excluding carboxylic acids is 2. The molecule has 1 fully saturated rings. The van der Waals surface area contributed by atoms with Crippen molar-refractivity contribution in [1.82, 2.24) is 0 Å². The number of benzene rings is 1. The van der Waals surface area contributed by atoms with Gasteiger partial charge in [-0.05, 0) is 81.4 Å². The number of alkyl halides is 2. The van der Waals surface area contributed by atoms with Gasteiger partial charge in [-0.15, -0.1) is 0 Å². The second-order valence-electron chi connectivity index (χ2n) is 13.9. The van der Waals surface area contributed by atoms with Crippen LogP contribution in [0, 0.1) is 11.8 Å². The lowest BCUT2D eigenvalue weighted by Gasteiger charge is -2.39. The van der Waals surface area contributed by atoms with Gasteiger partial charge in [0.1, 0.15) is 17.6 Å². The summed E-state index contributed by atoms with van der Waals surface area (Å²) < 4.78 is 54.0. The summed E-state index contributed by atoms with van der Waals surface area (Å²) in [6.07, 6.45) is 10.2. The minimum Gasteiger partial charge on any atom is -0.497 e. The smallest absolute Gasteiger partial charge is 0.306 e. The van der Waals surface area contributed by atoms with Crippen LogP contribution in [0.3, 0.4) is 0 Å². The first-order valence-electron chi connectivity index (χ1n) is 16.5. The molecule has 1 unspecified atom stereocenters. The highest BCUT2D eigenvalue weighted by Gasteiger charge is 2.47. The molecule has 1 saturated carbocycles. The van der Waals surface area contributed by atoms with Gasteiger partial charge in [0.05, 0.1) is 25.9 Å². The number of rotatable bonds is 18. The van der Waals surface area contributed by atoms with E-state index in [2.05, 4.69) is 33.9 Å². The van der Waals surface area contributed by atoms with E-state index in [1.54, 1.807) is 44.4 Å². The van der Waals surface area contributed by atoms with Gasteiger partial charge in [-0.25, -0.2) is 0 Å². The van der Waals surface area contributed by atoms with Gasteiger partial charge in [0.2, 0.25) is 0 Å². The molecular formula is C37H56F2O6Si. The summed E-state index contributed by atoms with van der Waals surface area (Å²) in [6.45, 7) is 16.1. The fourth-order valence-electron chi connectivity index (χ4n) is 5.03. The van der Waals surface area contributed by atoms with Gasteiger partial charge in [-0.3, -0.25) is 9.59 Å². The Morgan fingerprint density at radius 3 is 2.35 bits per heavy atom. The molecule has 0 N–H and O–H groups in total. The zero-order chi connectivity index (χ0) is 34.5. The van der Waals surface area contributed by atoms with Gasteiger partial charge in [0.15, 0.2) is 8.32 Å². The Morgan fingerprint density at radius 1 is 1.09 bits per heavy atom. The summed E-state index contributed by atoms with van der Waals surface area (Å²) in [6, 6.07) is 7.10. The normalized spacial score (nSPS) is 20.4. The van der Waals surface area contributed by atoms with E-state index >= 15 is 8.78 Å². The van der Waals surface area contributed by atoms with Crippen molar-refractivity contribution >= 4 is 20.1 Å². The van der Waals surface area contributed by atoms with Crippen molar-refractivity contribution in [2.45, 2.75) is 129 Å². The third kappa shape index (κ3) is 12.5. The number of ether oxygens (including phenoxy) is 3. The Bertz CT molecular complexity index is 1180. The van der Waals surface area contributed by atoms with Crippen LogP contribution in [0.15, 0.2) is 60.7 Å². The van der Waals surface area contributed by atoms with Crippen LogP contribution in [-0.2, 0) is 30.1 Å². The van der Waals surface area contributed by atoms with Crippen molar-refractivity contribution in [2.24, 2.45) is 11.8 Å². The first-order chi connectivity index (χ1) is 21.5. The number of esters is 1. The van der Waals surface area contributed by atoms with Crippen molar-refractivity contribution < 1.29 is 37.0 Å². The molecule has 6 nitrogen and oxygen atoms in total. The fourth-order valence-corrected chi connectivity index (χ4v) is 6.38. The number of hydrogen-bond acceptors (Lipinski definition) is 6. The highest BCUT2D eigenvalue weighted by molar-refractivity contribution is 6.74. The molecule has 0 radical (unpaired) electrons. The summed E-state index contributed by atoms with van der Waals surface area (Å²) in [5.74, 6) is -3.54. The van der Waals surface area contributed by atoms with E-state index in [0.29, 0.717) is 37.9 Å². The number of ketones is 1. The molecule has 0 heterocycles. The van der Waals surface area contributed by atoms with Gasteiger partial charge in [0.25, 0.3) is 5.92 Å². The lowest BCUT2D eigenvalue weighted by atomic mass is 9.90. The van der Waals surface area contributed by atoms with Crippen molar-refractivity contribution in [2.75, 3.05) is 7.11 Å². The Hall–Kier alpha value is -2.62. The van der Waals surface area contributed by atoms with Gasteiger partial charge >= 0.3 is 5.97 Å². The van der Waals surface area contributed by atoms with Crippen LogP contribution in [0.4, 0.5) is 8.78 Å². The molecule has 1 aliphatic rings. The molecule has 0 saturated heterocycles. The fraction of sp³-hybridized carbons (Fsp3) is 0.622. The average Bonchev–Trinajstić information content (AvgIpc) is 3.25. The highest BCUT2D eigenvalue weighted by atomic mass is 28.4. The Kier molecular flexibility index (Phi) is 15.5. The molecule has 0 amide bonds. The second-order valence-corrected chi connectivity index (χ2v) is 18.6. The molecule has 1 aromatic rings. The highest BCUT2D eigenvalue weighted by Crippen LogP contribution is 2.43. The van der Waals surface area contributed by atoms with E-state index < -0.39 is 32.4 Å². The molecule has 46 heavy (non-hydrogen) atoms. The molecule has 1 aliphatic carbocycles. The van der Waals surface area contributed by atoms with E-state index in [4.69, 9.17) is 18.6 Å². The molecular weight excluding hydrogens is 606 g/mol. The van der Waals surface area contributed by atoms with Crippen LogP contribution in [0.1, 0.15) is 85.6 Å². The van der Waals surface area contributed by atoms with Gasteiger partial charge in [-0.1, -0.05) is 70.2 Å². The van der Waals surface area contributed by atoms with Gasteiger partial charge in [0, 0.05) is 24.7 Å². The topological polar surface area (TPSA) is 71.1 Å². The van der Waals surface area contributed by atoms with Crippen molar-refractivity contribution in [3.8, 4) is 5.75 Å². The number of allylic oxidation sites excluding steroid dienone is 3. The van der Waals surface area contributed by atoms with Crippen LogP contribution >= 0.6 is 0 Å². The van der Waals surface area contributed by atoms with Crippen molar-refractivity contribution in [1.29, 1.82) is 0 Å². The molecule has 9 heteroatoms. The Labute approximate surface area is 276 Å². The summed E-state index contributed by atoms with van der Waals surface area (Å²) in [4.78, 5) is 25.2. The number of hydrogen-bond donors (Lipinski definition) is 0. The standard InChI is InChI=1S/C37H56F2O6Si/c1-10-11-24-37(38,39)34(43-26-28-18-20-29(42-7)21-19-28)23-22-31-30(16-14-12-13-15-17-35(41)44-27(2)3)32(40)25-33(31)45-46(8,9)36(4,5)6/h11-12,14,18-24,27,30-31,33-34H,10,13,15-17,25-26H2,1-9H3/b14-12-,23-22+,24-11+/t30-,31-,33-,34?/m1/s1. The molecule has 1 aromatic carbocycles. The van der Waals surface area contributed by atoms with Crippen LogP contribution in [-0.4, -0.2) is 51.4 Å². The van der Waals surface area contributed by atoms with Gasteiger partial charge < -0.3 is 18.6 Å². The molecule has 0 aliphatic heterocycles. The third-order valence-corrected chi connectivity index (χ3v) is 13.2. The predicted octanol–water partition coefficient (Wildman–Crippen LogP) is 9.40. The molecule has 0 spiro atoms. The summed E-state index contributed by atoms with van der Waals surface area (Å²) in [7, 11) is -0.701. The van der Waals surface area contributed by atoms with Crippen LogP contribution in [0.2, 0.25) is 18.1 Å². The second kappa shape index (κ2) is 18.1. The maximum absolute atomic E-state index is 15.5. The summed E-state index contributed by atoms with van der Waals surface area (Å²) >= 11 is 0. The molecule has 0 bridgehead atoms.